The molecule has 7 heteroatoms. The molecule has 0 unspecified atom stereocenters. The fraction of sp³-hybridized carbons (Fsp3) is 0.400. The fourth-order valence-electron chi connectivity index (χ4n) is 3.20. The van der Waals surface area contributed by atoms with Crippen LogP contribution < -0.4 is 10.2 Å². The molecular weight excluding hydrogens is 453 g/mol. The summed E-state index contributed by atoms with van der Waals surface area (Å²) in [5.74, 6) is 1.99. The van der Waals surface area contributed by atoms with Crippen LogP contribution in [0.2, 0.25) is 0 Å². The number of rotatable bonds is 5. The van der Waals surface area contributed by atoms with Gasteiger partial charge in [-0.3, -0.25) is 4.99 Å². The minimum absolute atomic E-state index is 0. The number of guanidine groups is 1. The van der Waals surface area contributed by atoms with Crippen molar-refractivity contribution in [3.8, 4) is 0 Å². The molecular formula is C20H28IN5O. The summed E-state index contributed by atoms with van der Waals surface area (Å²) in [4.78, 5) is 13.5. The molecule has 0 spiro atoms. The van der Waals surface area contributed by atoms with Crippen LogP contribution in [0.25, 0.3) is 0 Å². The molecule has 0 aliphatic carbocycles. The van der Waals surface area contributed by atoms with Crippen LogP contribution in [0.4, 0.5) is 5.82 Å². The van der Waals surface area contributed by atoms with Gasteiger partial charge >= 0.3 is 0 Å². The van der Waals surface area contributed by atoms with E-state index in [4.69, 9.17) is 4.74 Å². The Balaban J connectivity index is 0.00000261. The minimum Gasteiger partial charge on any atom is -0.380 e. The van der Waals surface area contributed by atoms with Gasteiger partial charge in [0.05, 0.1) is 6.61 Å². The highest BCUT2D eigenvalue weighted by molar-refractivity contribution is 14.0. The number of methoxy groups -OCH3 is 1. The molecule has 0 amide bonds. The maximum absolute atomic E-state index is 5.21. The summed E-state index contributed by atoms with van der Waals surface area (Å²) in [6, 6.07) is 14.5. The van der Waals surface area contributed by atoms with Gasteiger partial charge < -0.3 is 19.9 Å². The molecule has 1 fully saturated rings. The number of piperazine rings is 1. The molecule has 1 saturated heterocycles. The smallest absolute Gasteiger partial charge is 0.194 e. The number of anilines is 1. The van der Waals surface area contributed by atoms with E-state index in [1.807, 2.05) is 25.4 Å². The average Bonchev–Trinajstić information content (AvgIpc) is 2.70. The molecule has 1 aliphatic heterocycles. The highest BCUT2D eigenvalue weighted by Gasteiger charge is 2.20. The average molecular weight is 481 g/mol. The second kappa shape index (κ2) is 11.1. The molecule has 27 heavy (non-hydrogen) atoms. The Labute approximate surface area is 178 Å². The number of hydrogen-bond acceptors (Lipinski definition) is 4. The molecule has 0 bridgehead atoms. The highest BCUT2D eigenvalue weighted by Crippen LogP contribution is 2.13. The zero-order chi connectivity index (χ0) is 18.2. The predicted octanol–water partition coefficient (Wildman–Crippen LogP) is 2.74. The molecule has 2 heterocycles. The van der Waals surface area contributed by atoms with Crippen molar-refractivity contribution in [2.75, 3.05) is 45.2 Å². The summed E-state index contributed by atoms with van der Waals surface area (Å²) in [6.45, 7) is 5.14. The third kappa shape index (κ3) is 6.07. The summed E-state index contributed by atoms with van der Waals surface area (Å²) < 4.78 is 5.21. The first-order valence-corrected chi connectivity index (χ1v) is 8.98. The molecule has 2 aromatic rings. The van der Waals surface area contributed by atoms with Crippen LogP contribution in [-0.4, -0.2) is 56.2 Å². The maximum atomic E-state index is 5.21. The van der Waals surface area contributed by atoms with Crippen LogP contribution in [0.15, 0.2) is 53.7 Å². The van der Waals surface area contributed by atoms with Crippen LogP contribution >= 0.6 is 24.0 Å². The lowest BCUT2D eigenvalue weighted by atomic mass is 10.1. The molecule has 1 aliphatic rings. The SMILES string of the molecule is CN=C(NCc1cccc(COC)c1)N1CCN(c2ccccn2)CC1.I. The van der Waals surface area contributed by atoms with E-state index in [-0.39, 0.29) is 24.0 Å². The lowest BCUT2D eigenvalue weighted by Gasteiger charge is -2.37. The first-order valence-electron chi connectivity index (χ1n) is 8.98. The van der Waals surface area contributed by atoms with Gasteiger partial charge in [0, 0.05) is 53.1 Å². The van der Waals surface area contributed by atoms with Gasteiger partial charge in [0.15, 0.2) is 5.96 Å². The fourth-order valence-corrected chi connectivity index (χ4v) is 3.20. The number of ether oxygens (including phenoxy) is 1. The van der Waals surface area contributed by atoms with Gasteiger partial charge in [-0.05, 0) is 23.3 Å². The van der Waals surface area contributed by atoms with Gasteiger partial charge in [-0.25, -0.2) is 4.98 Å². The van der Waals surface area contributed by atoms with Crippen molar-refractivity contribution >= 4 is 35.8 Å². The second-order valence-corrected chi connectivity index (χ2v) is 6.32. The molecule has 1 aromatic carbocycles. The van der Waals surface area contributed by atoms with Crippen LogP contribution in [-0.2, 0) is 17.9 Å². The first kappa shape index (κ1) is 21.4. The third-order valence-corrected chi connectivity index (χ3v) is 4.52. The number of aromatic nitrogens is 1. The van der Waals surface area contributed by atoms with E-state index >= 15 is 0 Å². The zero-order valence-electron chi connectivity index (χ0n) is 16.0. The molecule has 3 rings (SSSR count). The van der Waals surface area contributed by atoms with Crippen LogP contribution in [0, 0.1) is 0 Å². The van der Waals surface area contributed by atoms with E-state index in [1.165, 1.54) is 11.1 Å². The van der Waals surface area contributed by atoms with Crippen molar-refractivity contribution in [3.05, 3.63) is 59.8 Å². The van der Waals surface area contributed by atoms with Crippen molar-refractivity contribution in [3.63, 3.8) is 0 Å². The Hall–Kier alpha value is -1.87. The quantitative estimate of drug-likeness (QED) is 0.405. The Kier molecular flexibility index (Phi) is 8.80. The Morgan fingerprint density at radius 3 is 2.56 bits per heavy atom. The lowest BCUT2D eigenvalue weighted by Crippen LogP contribution is -2.52. The summed E-state index contributed by atoms with van der Waals surface area (Å²) in [5.41, 5.74) is 2.42. The number of halogens is 1. The molecule has 146 valence electrons. The standard InChI is InChI=1S/C20H27N5O.HI/c1-21-20(23-15-17-6-5-7-18(14-17)16-26-2)25-12-10-24(11-13-25)19-8-3-4-9-22-19;/h3-9,14H,10-13,15-16H2,1-2H3,(H,21,23);1H. The Morgan fingerprint density at radius 1 is 1.11 bits per heavy atom. The molecule has 0 saturated carbocycles. The van der Waals surface area contributed by atoms with Gasteiger partial charge in [-0.1, -0.05) is 30.3 Å². The predicted molar refractivity (Wildman–Crippen MR) is 121 cm³/mol. The van der Waals surface area contributed by atoms with E-state index in [2.05, 4.69) is 55.4 Å². The summed E-state index contributed by atoms with van der Waals surface area (Å²) in [7, 11) is 3.56. The van der Waals surface area contributed by atoms with Crippen LogP contribution in [0.3, 0.4) is 0 Å². The van der Waals surface area contributed by atoms with Crippen molar-refractivity contribution < 1.29 is 4.74 Å². The normalized spacial score (nSPS) is 14.7. The Morgan fingerprint density at radius 2 is 1.89 bits per heavy atom. The lowest BCUT2D eigenvalue weighted by molar-refractivity contribution is 0.185. The third-order valence-electron chi connectivity index (χ3n) is 4.52. The first-order chi connectivity index (χ1) is 12.8. The van der Waals surface area contributed by atoms with Gasteiger partial charge in [0.25, 0.3) is 0 Å². The molecule has 1 N–H and O–H groups in total. The van der Waals surface area contributed by atoms with Crippen LogP contribution in [0.1, 0.15) is 11.1 Å². The summed E-state index contributed by atoms with van der Waals surface area (Å²) in [5, 5.41) is 3.48. The number of benzene rings is 1. The van der Waals surface area contributed by atoms with Gasteiger partial charge in [-0.2, -0.15) is 0 Å². The highest BCUT2D eigenvalue weighted by atomic mass is 127. The van der Waals surface area contributed by atoms with Gasteiger partial charge in [0.1, 0.15) is 5.82 Å². The van der Waals surface area contributed by atoms with Crippen molar-refractivity contribution in [1.29, 1.82) is 0 Å². The zero-order valence-corrected chi connectivity index (χ0v) is 18.3. The summed E-state index contributed by atoms with van der Waals surface area (Å²) >= 11 is 0. The van der Waals surface area contributed by atoms with Gasteiger partial charge in [-0.15, -0.1) is 24.0 Å². The van der Waals surface area contributed by atoms with E-state index in [1.54, 1.807) is 7.11 Å². The number of hydrogen-bond donors (Lipinski definition) is 1. The van der Waals surface area contributed by atoms with Crippen molar-refractivity contribution in [2.45, 2.75) is 13.2 Å². The largest absolute Gasteiger partial charge is 0.380 e. The van der Waals surface area contributed by atoms with E-state index in [0.29, 0.717) is 6.61 Å². The van der Waals surface area contributed by atoms with E-state index in [0.717, 1.165) is 44.5 Å². The molecule has 1 aromatic heterocycles. The second-order valence-electron chi connectivity index (χ2n) is 6.32. The molecule has 0 atom stereocenters. The number of nitrogens with one attached hydrogen (secondary N) is 1. The number of aliphatic imine (C=N–C) groups is 1. The van der Waals surface area contributed by atoms with Gasteiger partial charge in [0.2, 0.25) is 0 Å². The minimum atomic E-state index is 0. The van der Waals surface area contributed by atoms with E-state index < -0.39 is 0 Å². The Bertz CT molecular complexity index is 717. The maximum Gasteiger partial charge on any atom is 0.194 e. The van der Waals surface area contributed by atoms with E-state index in [9.17, 15) is 0 Å². The van der Waals surface area contributed by atoms with Crippen molar-refractivity contribution in [2.24, 2.45) is 4.99 Å². The number of nitrogens with zero attached hydrogens (tertiary/aromatic N) is 4. The summed E-state index contributed by atoms with van der Waals surface area (Å²) in [6.07, 6.45) is 1.85. The van der Waals surface area contributed by atoms with Crippen LogP contribution in [0.5, 0.6) is 0 Å². The monoisotopic (exact) mass is 481 g/mol. The van der Waals surface area contributed by atoms with Crippen molar-refractivity contribution in [1.82, 2.24) is 15.2 Å². The molecule has 0 radical (unpaired) electrons. The number of pyridine rings is 1. The topological polar surface area (TPSA) is 53.0 Å². The molecule has 6 nitrogen and oxygen atoms in total.